The number of carbonyl (C=O) groups is 1. The summed E-state index contributed by atoms with van der Waals surface area (Å²) in [5.41, 5.74) is 1.38. The normalized spacial score (nSPS) is 13.9. The molecule has 18 heavy (non-hydrogen) atoms. The maximum absolute atomic E-state index is 11.5. The Morgan fingerprint density at radius 3 is 2.78 bits per heavy atom. The van der Waals surface area contributed by atoms with Gasteiger partial charge in [0.2, 0.25) is 0 Å². The molecule has 0 bridgehead atoms. The van der Waals surface area contributed by atoms with Gasteiger partial charge in [-0.25, -0.2) is 0 Å². The molecule has 0 amide bonds. The molecule has 1 aromatic heterocycles. The maximum atomic E-state index is 11.5. The molecule has 1 heterocycles. The number of halogens is 1. The Kier molecular flexibility index (Phi) is 3.78. The van der Waals surface area contributed by atoms with E-state index in [-0.39, 0.29) is 0 Å². The average molecular weight is 260 g/mol. The Hall–Kier alpha value is -1.67. The van der Waals surface area contributed by atoms with Crippen molar-refractivity contribution in [3.05, 3.63) is 64.9 Å². The summed E-state index contributed by atoms with van der Waals surface area (Å²) in [7, 11) is 0. The van der Waals surface area contributed by atoms with Gasteiger partial charge in [-0.05, 0) is 42.7 Å². The lowest BCUT2D eigenvalue weighted by Crippen LogP contribution is -2.26. The van der Waals surface area contributed by atoms with Crippen molar-refractivity contribution in [1.29, 1.82) is 0 Å². The molecule has 2 nitrogen and oxygen atoms in total. The lowest BCUT2D eigenvalue weighted by atomic mass is 9.79. The molecule has 92 valence electrons. The summed E-state index contributed by atoms with van der Waals surface area (Å²) in [4.78, 5) is 15.6. The molecule has 0 aliphatic rings. The molecule has 2 rings (SSSR count). The monoisotopic (exact) mass is 259 g/mol. The molecular weight excluding hydrogens is 246 g/mol. The fourth-order valence-electron chi connectivity index (χ4n) is 1.98. The topological polar surface area (TPSA) is 30.0 Å². The van der Waals surface area contributed by atoms with Crippen LogP contribution in [0.3, 0.4) is 0 Å². The smallest absolute Gasteiger partial charge is 0.130 e. The minimum atomic E-state index is -0.575. The summed E-state index contributed by atoms with van der Waals surface area (Å²) in [5.74, 6) is 0. The zero-order valence-electron chi connectivity index (χ0n) is 10.1. The van der Waals surface area contributed by atoms with E-state index in [2.05, 4.69) is 4.98 Å². The first kappa shape index (κ1) is 12.8. The second-order valence-corrected chi connectivity index (χ2v) is 5.02. The quantitative estimate of drug-likeness (QED) is 0.788. The van der Waals surface area contributed by atoms with Gasteiger partial charge < -0.3 is 4.79 Å². The van der Waals surface area contributed by atoms with Crippen LogP contribution in [-0.2, 0) is 16.6 Å². The Labute approximate surface area is 112 Å². The third-order valence-corrected chi connectivity index (χ3v) is 3.27. The third-order valence-electron chi connectivity index (χ3n) is 3.04. The number of hydrogen-bond donors (Lipinski definition) is 0. The molecule has 0 radical (unpaired) electrons. The highest BCUT2D eigenvalue weighted by molar-refractivity contribution is 6.30. The number of benzene rings is 1. The van der Waals surface area contributed by atoms with Crippen LogP contribution in [0.1, 0.15) is 18.1 Å². The van der Waals surface area contributed by atoms with E-state index in [9.17, 15) is 4.79 Å². The fraction of sp³-hybridized carbons (Fsp3) is 0.200. The largest absolute Gasteiger partial charge is 0.302 e. The van der Waals surface area contributed by atoms with Gasteiger partial charge in [0, 0.05) is 17.4 Å². The summed E-state index contributed by atoms with van der Waals surface area (Å²) >= 11 is 5.98. The summed E-state index contributed by atoms with van der Waals surface area (Å²) in [5, 5.41) is 0.645. The Bertz CT molecular complexity index is 541. The number of rotatable bonds is 4. The Morgan fingerprint density at radius 2 is 2.17 bits per heavy atom. The average Bonchev–Trinajstić information content (AvgIpc) is 2.40. The molecule has 3 heteroatoms. The molecule has 0 spiro atoms. The highest BCUT2D eigenvalue weighted by atomic mass is 35.5. The van der Waals surface area contributed by atoms with Crippen molar-refractivity contribution in [1.82, 2.24) is 4.98 Å². The predicted molar refractivity (Wildman–Crippen MR) is 72.8 cm³/mol. The van der Waals surface area contributed by atoms with Crippen molar-refractivity contribution < 1.29 is 4.79 Å². The van der Waals surface area contributed by atoms with Crippen LogP contribution in [0.25, 0.3) is 0 Å². The Morgan fingerprint density at radius 1 is 1.33 bits per heavy atom. The molecule has 1 aromatic carbocycles. The second-order valence-electron chi connectivity index (χ2n) is 4.58. The minimum Gasteiger partial charge on any atom is -0.302 e. The second kappa shape index (κ2) is 5.32. The number of hydrogen-bond acceptors (Lipinski definition) is 2. The third kappa shape index (κ3) is 2.77. The highest BCUT2D eigenvalue weighted by Crippen LogP contribution is 2.27. The zero-order chi connectivity index (χ0) is 13.0. The van der Waals surface area contributed by atoms with Gasteiger partial charge in [0.05, 0.1) is 5.41 Å². The molecule has 0 aliphatic carbocycles. The van der Waals surface area contributed by atoms with Crippen LogP contribution in [-0.4, -0.2) is 11.3 Å². The van der Waals surface area contributed by atoms with Crippen LogP contribution in [0.4, 0.5) is 0 Å². The van der Waals surface area contributed by atoms with E-state index < -0.39 is 5.41 Å². The van der Waals surface area contributed by atoms with Crippen LogP contribution in [0.2, 0.25) is 5.02 Å². The minimum absolute atomic E-state index is 0.575. The van der Waals surface area contributed by atoms with Crippen LogP contribution < -0.4 is 0 Å². The van der Waals surface area contributed by atoms with Gasteiger partial charge in [0.1, 0.15) is 6.29 Å². The standard InChI is InChI=1S/C15H14ClNO/c1-15(11-18,9-12-4-3-7-17-10-12)13-5-2-6-14(16)8-13/h2-8,10-11H,9H2,1H3. The van der Waals surface area contributed by atoms with Gasteiger partial charge in [-0.2, -0.15) is 0 Å². The maximum Gasteiger partial charge on any atom is 0.130 e. The van der Waals surface area contributed by atoms with Crippen LogP contribution >= 0.6 is 11.6 Å². The zero-order valence-corrected chi connectivity index (χ0v) is 10.9. The number of aromatic nitrogens is 1. The first-order valence-corrected chi connectivity index (χ1v) is 6.13. The summed E-state index contributed by atoms with van der Waals surface area (Å²) < 4.78 is 0. The van der Waals surface area contributed by atoms with Crippen molar-refractivity contribution in [2.75, 3.05) is 0 Å². The van der Waals surface area contributed by atoms with Crippen molar-refractivity contribution in [2.24, 2.45) is 0 Å². The fourth-order valence-corrected chi connectivity index (χ4v) is 2.17. The molecule has 0 aliphatic heterocycles. The molecule has 1 unspecified atom stereocenters. The summed E-state index contributed by atoms with van der Waals surface area (Å²) in [6.07, 6.45) is 5.10. The number of pyridine rings is 1. The van der Waals surface area contributed by atoms with Crippen molar-refractivity contribution in [3.63, 3.8) is 0 Å². The van der Waals surface area contributed by atoms with Crippen molar-refractivity contribution in [2.45, 2.75) is 18.8 Å². The molecule has 1 atom stereocenters. The van der Waals surface area contributed by atoms with E-state index in [1.165, 1.54) is 0 Å². The van der Waals surface area contributed by atoms with E-state index in [0.29, 0.717) is 11.4 Å². The molecule has 0 N–H and O–H groups in total. The summed E-state index contributed by atoms with van der Waals surface area (Å²) in [6, 6.07) is 11.3. The lowest BCUT2D eigenvalue weighted by Gasteiger charge is -2.23. The molecule has 0 fully saturated rings. The van der Waals surface area contributed by atoms with E-state index in [0.717, 1.165) is 17.4 Å². The van der Waals surface area contributed by atoms with Gasteiger partial charge in [-0.1, -0.05) is 29.8 Å². The van der Waals surface area contributed by atoms with Gasteiger partial charge in [-0.15, -0.1) is 0 Å². The Balaban J connectivity index is 2.34. The lowest BCUT2D eigenvalue weighted by molar-refractivity contribution is -0.112. The van der Waals surface area contributed by atoms with E-state index >= 15 is 0 Å². The van der Waals surface area contributed by atoms with Crippen molar-refractivity contribution >= 4 is 17.9 Å². The van der Waals surface area contributed by atoms with E-state index in [4.69, 9.17) is 11.6 Å². The van der Waals surface area contributed by atoms with Gasteiger partial charge in [-0.3, -0.25) is 4.98 Å². The number of nitrogens with zero attached hydrogens (tertiary/aromatic N) is 1. The summed E-state index contributed by atoms with van der Waals surface area (Å²) in [6.45, 7) is 1.92. The predicted octanol–water partition coefficient (Wildman–Crippen LogP) is 3.43. The number of carbonyl (C=O) groups excluding carboxylic acids is 1. The van der Waals surface area contributed by atoms with Gasteiger partial charge in [0.25, 0.3) is 0 Å². The SMILES string of the molecule is CC(C=O)(Cc1cccnc1)c1cccc(Cl)c1. The van der Waals surface area contributed by atoms with Gasteiger partial charge >= 0.3 is 0 Å². The highest BCUT2D eigenvalue weighted by Gasteiger charge is 2.26. The van der Waals surface area contributed by atoms with Crippen molar-refractivity contribution in [3.8, 4) is 0 Å². The first-order chi connectivity index (χ1) is 8.64. The molecule has 0 saturated carbocycles. The van der Waals surface area contributed by atoms with Crippen LogP contribution in [0.15, 0.2) is 48.8 Å². The molecule has 0 saturated heterocycles. The van der Waals surface area contributed by atoms with E-state index in [1.54, 1.807) is 18.5 Å². The first-order valence-electron chi connectivity index (χ1n) is 5.75. The molecule has 2 aromatic rings. The van der Waals surface area contributed by atoms with Crippen LogP contribution in [0.5, 0.6) is 0 Å². The van der Waals surface area contributed by atoms with Gasteiger partial charge in [0.15, 0.2) is 0 Å². The molecular formula is C15H14ClNO. The van der Waals surface area contributed by atoms with E-state index in [1.807, 2.05) is 37.3 Å². The number of aldehydes is 1. The van der Waals surface area contributed by atoms with Crippen LogP contribution in [0, 0.1) is 0 Å².